The number of nitrogens with zero attached hydrogens (tertiary/aromatic N) is 1. The largest absolute Gasteiger partial charge is 0.493 e. The van der Waals surface area contributed by atoms with E-state index in [0.29, 0.717) is 20.6 Å². The number of hydrogen-bond donors (Lipinski definition) is 0. The first-order valence-electron chi connectivity index (χ1n) is 5.95. The van der Waals surface area contributed by atoms with Gasteiger partial charge in [0.15, 0.2) is 18.1 Å². The van der Waals surface area contributed by atoms with E-state index in [9.17, 15) is 14.9 Å². The van der Waals surface area contributed by atoms with Crippen LogP contribution in [0.2, 0.25) is 0 Å². The number of esters is 1. The molecule has 0 heterocycles. The van der Waals surface area contributed by atoms with E-state index in [1.807, 2.05) is 22.6 Å². The van der Waals surface area contributed by atoms with Crippen LogP contribution in [0, 0.1) is 13.7 Å². The van der Waals surface area contributed by atoms with Gasteiger partial charge < -0.3 is 14.2 Å². The van der Waals surface area contributed by atoms with Crippen molar-refractivity contribution >= 4 is 34.6 Å². The van der Waals surface area contributed by atoms with Crippen LogP contribution in [-0.2, 0) is 9.53 Å². The van der Waals surface area contributed by atoms with E-state index in [2.05, 4.69) is 0 Å². The quantitative estimate of drug-likeness (QED) is 0.299. The fraction of sp³-hybridized carbons (Fsp3) is 0.308. The second-order valence-corrected chi connectivity index (χ2v) is 4.89. The topological polar surface area (TPSA) is 87.9 Å². The van der Waals surface area contributed by atoms with Crippen LogP contribution in [0.5, 0.6) is 11.5 Å². The molecule has 114 valence electrons. The maximum absolute atomic E-state index is 11.3. The van der Waals surface area contributed by atoms with Crippen LogP contribution < -0.4 is 9.47 Å². The normalized spacial score (nSPS) is 10.4. The fourth-order valence-corrected chi connectivity index (χ4v) is 2.24. The molecule has 0 spiro atoms. The number of nitro groups is 1. The lowest BCUT2D eigenvalue weighted by atomic mass is 10.2. The second-order valence-electron chi connectivity index (χ2n) is 3.73. The van der Waals surface area contributed by atoms with Crippen LogP contribution in [0.3, 0.4) is 0 Å². The van der Waals surface area contributed by atoms with E-state index < -0.39 is 10.9 Å². The Bertz CT molecular complexity index is 558. The molecular weight excluding hydrogens is 393 g/mol. The number of carbonyl (C=O) groups excluding carboxylic acids is 1. The maximum Gasteiger partial charge on any atom is 0.344 e. The zero-order valence-electron chi connectivity index (χ0n) is 11.5. The number of ether oxygens (including phenoxy) is 3. The Morgan fingerprint density at radius 3 is 2.76 bits per heavy atom. The van der Waals surface area contributed by atoms with Crippen molar-refractivity contribution in [3.63, 3.8) is 0 Å². The van der Waals surface area contributed by atoms with Crippen molar-refractivity contribution in [1.29, 1.82) is 0 Å². The van der Waals surface area contributed by atoms with Crippen LogP contribution in [0.25, 0.3) is 6.08 Å². The second kappa shape index (κ2) is 8.45. The van der Waals surface area contributed by atoms with Gasteiger partial charge in [0.05, 0.1) is 22.2 Å². The molecule has 1 rings (SSSR count). The zero-order valence-corrected chi connectivity index (χ0v) is 13.7. The third-order valence-corrected chi connectivity index (χ3v) is 3.08. The number of hydrogen-bond acceptors (Lipinski definition) is 6. The molecule has 8 heteroatoms. The highest BCUT2D eigenvalue weighted by molar-refractivity contribution is 14.1. The molecule has 0 unspecified atom stereocenters. The van der Waals surface area contributed by atoms with Gasteiger partial charge in [-0.2, -0.15) is 0 Å². The van der Waals surface area contributed by atoms with Gasteiger partial charge in [-0.15, -0.1) is 0 Å². The van der Waals surface area contributed by atoms with E-state index in [1.165, 1.54) is 13.2 Å². The minimum Gasteiger partial charge on any atom is -0.493 e. The lowest BCUT2D eigenvalue weighted by molar-refractivity contribution is -0.400. The number of benzene rings is 1. The van der Waals surface area contributed by atoms with Crippen LogP contribution in [-0.4, -0.2) is 31.2 Å². The monoisotopic (exact) mass is 407 g/mol. The van der Waals surface area contributed by atoms with Crippen LogP contribution >= 0.6 is 22.6 Å². The summed E-state index contributed by atoms with van der Waals surface area (Å²) < 4.78 is 16.0. The molecule has 0 N–H and O–H groups in total. The Kier molecular flexibility index (Phi) is 6.92. The molecule has 0 aliphatic heterocycles. The predicted molar refractivity (Wildman–Crippen MR) is 83.9 cm³/mol. The summed E-state index contributed by atoms with van der Waals surface area (Å²) in [5.74, 6) is 0.297. The molecule has 0 saturated carbocycles. The van der Waals surface area contributed by atoms with E-state index >= 15 is 0 Å². The summed E-state index contributed by atoms with van der Waals surface area (Å²) in [6.07, 6.45) is 2.18. The molecule has 0 aliphatic carbocycles. The maximum atomic E-state index is 11.3. The van der Waals surface area contributed by atoms with Crippen LogP contribution in [0.4, 0.5) is 0 Å². The summed E-state index contributed by atoms with van der Waals surface area (Å²) in [5.41, 5.74) is 0.594. The Morgan fingerprint density at radius 1 is 1.48 bits per heavy atom. The lowest BCUT2D eigenvalue weighted by Gasteiger charge is -2.12. The van der Waals surface area contributed by atoms with Gasteiger partial charge in [0, 0.05) is 6.08 Å². The van der Waals surface area contributed by atoms with Gasteiger partial charge in [0.2, 0.25) is 6.20 Å². The zero-order chi connectivity index (χ0) is 15.8. The van der Waals surface area contributed by atoms with Crippen molar-refractivity contribution in [2.45, 2.75) is 6.92 Å². The standard InChI is InChI=1S/C13H14INO6/c1-3-20-12(16)8-21-13-10(14)6-9(4-5-15(17)18)7-11(13)19-2/h4-7H,3,8H2,1-2H3. The first kappa shape index (κ1) is 17.2. The molecule has 0 amide bonds. The van der Waals surface area contributed by atoms with E-state index in [4.69, 9.17) is 14.2 Å². The Labute approximate surface area is 135 Å². The van der Waals surface area contributed by atoms with Crippen molar-refractivity contribution in [2.75, 3.05) is 20.3 Å². The summed E-state index contributed by atoms with van der Waals surface area (Å²) in [6.45, 7) is 1.75. The highest BCUT2D eigenvalue weighted by atomic mass is 127. The van der Waals surface area contributed by atoms with Crippen molar-refractivity contribution in [1.82, 2.24) is 0 Å². The van der Waals surface area contributed by atoms with Crippen molar-refractivity contribution in [3.05, 3.63) is 37.6 Å². The SMILES string of the molecule is CCOC(=O)COc1c(I)cc(C=C[N+](=O)[O-])cc1OC. The smallest absolute Gasteiger partial charge is 0.344 e. The Morgan fingerprint density at radius 2 is 2.19 bits per heavy atom. The van der Waals surface area contributed by atoms with E-state index in [-0.39, 0.29) is 13.2 Å². The molecule has 21 heavy (non-hydrogen) atoms. The van der Waals surface area contributed by atoms with Crippen molar-refractivity contribution in [2.24, 2.45) is 0 Å². The summed E-state index contributed by atoms with van der Waals surface area (Å²) in [6, 6.07) is 3.27. The highest BCUT2D eigenvalue weighted by Gasteiger charge is 2.13. The fourth-order valence-electron chi connectivity index (χ4n) is 1.46. The molecule has 0 aliphatic rings. The molecule has 0 bridgehead atoms. The molecule has 1 aromatic carbocycles. The van der Waals surface area contributed by atoms with Gasteiger partial charge in [-0.25, -0.2) is 4.79 Å². The molecule has 0 atom stereocenters. The molecule has 0 fully saturated rings. The summed E-state index contributed by atoms with van der Waals surface area (Å²) in [7, 11) is 1.45. The number of carbonyl (C=O) groups is 1. The molecular formula is C13H14INO6. The van der Waals surface area contributed by atoms with Gasteiger partial charge in [0.25, 0.3) is 0 Å². The number of halogens is 1. The van der Waals surface area contributed by atoms with Gasteiger partial charge in [-0.1, -0.05) is 0 Å². The van der Waals surface area contributed by atoms with Gasteiger partial charge in [-0.05, 0) is 47.2 Å². The molecule has 1 aromatic rings. The Balaban J connectivity index is 2.94. The molecule has 0 saturated heterocycles. The molecule has 7 nitrogen and oxygen atoms in total. The first-order valence-corrected chi connectivity index (χ1v) is 7.03. The average Bonchev–Trinajstić information content (AvgIpc) is 2.43. The minimum absolute atomic E-state index is 0.232. The van der Waals surface area contributed by atoms with E-state index in [0.717, 1.165) is 6.20 Å². The van der Waals surface area contributed by atoms with E-state index in [1.54, 1.807) is 19.1 Å². The summed E-state index contributed by atoms with van der Waals surface area (Å²) in [4.78, 5) is 21.1. The summed E-state index contributed by atoms with van der Waals surface area (Å²) >= 11 is 2.00. The summed E-state index contributed by atoms with van der Waals surface area (Å²) in [5, 5.41) is 10.3. The van der Waals surface area contributed by atoms with Gasteiger partial charge in [0.1, 0.15) is 0 Å². The predicted octanol–water partition coefficient (Wildman–Crippen LogP) is 2.49. The first-order chi connectivity index (χ1) is 9.97. The van der Waals surface area contributed by atoms with Gasteiger partial charge >= 0.3 is 5.97 Å². The molecule has 0 radical (unpaired) electrons. The lowest BCUT2D eigenvalue weighted by Crippen LogP contribution is -2.15. The number of rotatable bonds is 7. The highest BCUT2D eigenvalue weighted by Crippen LogP contribution is 2.34. The third kappa shape index (κ3) is 5.58. The third-order valence-electron chi connectivity index (χ3n) is 2.28. The minimum atomic E-state index is -0.551. The Hall–Kier alpha value is -1.84. The van der Waals surface area contributed by atoms with Crippen molar-refractivity contribution < 1.29 is 23.9 Å². The van der Waals surface area contributed by atoms with Gasteiger partial charge in [-0.3, -0.25) is 10.1 Å². The van der Waals surface area contributed by atoms with Crippen molar-refractivity contribution in [3.8, 4) is 11.5 Å². The van der Waals surface area contributed by atoms with Crippen LogP contribution in [0.15, 0.2) is 18.3 Å². The average molecular weight is 407 g/mol. The van der Waals surface area contributed by atoms with Crippen LogP contribution in [0.1, 0.15) is 12.5 Å². The number of methoxy groups -OCH3 is 1. The molecule has 0 aromatic heterocycles.